The summed E-state index contributed by atoms with van der Waals surface area (Å²) in [6.07, 6.45) is 0. The van der Waals surface area contributed by atoms with Gasteiger partial charge in [-0.25, -0.2) is 0 Å². The number of fused-ring (bicyclic) bond motifs is 1. The first-order valence-corrected chi connectivity index (χ1v) is 9.31. The largest absolute Gasteiger partial charge is 0.489 e. The third-order valence-corrected chi connectivity index (χ3v) is 4.66. The highest BCUT2D eigenvalue weighted by Crippen LogP contribution is 2.18. The van der Waals surface area contributed by atoms with Gasteiger partial charge >= 0.3 is 0 Å². The van der Waals surface area contributed by atoms with Crippen LogP contribution < -0.4 is 15.6 Å². The SMILES string of the molecule is Cc1ccc2cc(CNc3ccc(OCc4ccccc4)cc3)c(=O)[nH]c2c1. The van der Waals surface area contributed by atoms with E-state index in [4.69, 9.17) is 4.74 Å². The fourth-order valence-corrected chi connectivity index (χ4v) is 3.10. The van der Waals surface area contributed by atoms with Crippen LogP contribution >= 0.6 is 0 Å². The van der Waals surface area contributed by atoms with Crippen LogP contribution in [0.2, 0.25) is 0 Å². The van der Waals surface area contributed by atoms with Crippen molar-refractivity contribution in [2.75, 3.05) is 5.32 Å². The quantitative estimate of drug-likeness (QED) is 0.501. The van der Waals surface area contributed by atoms with Gasteiger partial charge in [-0.05, 0) is 59.8 Å². The van der Waals surface area contributed by atoms with Crippen molar-refractivity contribution in [1.82, 2.24) is 4.98 Å². The highest BCUT2D eigenvalue weighted by Gasteiger charge is 2.04. The Morgan fingerprint density at radius 2 is 1.71 bits per heavy atom. The summed E-state index contributed by atoms with van der Waals surface area (Å²) in [6.45, 7) is 3.02. The van der Waals surface area contributed by atoms with Crippen LogP contribution in [0.3, 0.4) is 0 Å². The number of aryl methyl sites for hydroxylation is 1. The minimum Gasteiger partial charge on any atom is -0.489 e. The summed E-state index contributed by atoms with van der Waals surface area (Å²) in [5.41, 5.74) is 4.72. The summed E-state index contributed by atoms with van der Waals surface area (Å²) in [7, 11) is 0. The monoisotopic (exact) mass is 370 g/mol. The molecule has 0 radical (unpaired) electrons. The van der Waals surface area contributed by atoms with Crippen molar-refractivity contribution in [2.24, 2.45) is 0 Å². The Balaban J connectivity index is 1.39. The smallest absolute Gasteiger partial charge is 0.253 e. The van der Waals surface area contributed by atoms with Gasteiger partial charge in [0.25, 0.3) is 5.56 Å². The number of hydrogen-bond donors (Lipinski definition) is 2. The van der Waals surface area contributed by atoms with Crippen LogP contribution in [0.1, 0.15) is 16.7 Å². The van der Waals surface area contributed by atoms with Gasteiger partial charge in [0.05, 0.1) is 0 Å². The van der Waals surface area contributed by atoms with Crippen molar-refractivity contribution in [1.29, 1.82) is 0 Å². The molecule has 0 aliphatic heterocycles. The van der Waals surface area contributed by atoms with E-state index < -0.39 is 0 Å². The van der Waals surface area contributed by atoms with Gasteiger partial charge in [0.1, 0.15) is 12.4 Å². The molecule has 0 bridgehead atoms. The van der Waals surface area contributed by atoms with E-state index in [1.165, 1.54) is 0 Å². The third-order valence-electron chi connectivity index (χ3n) is 4.66. The van der Waals surface area contributed by atoms with Gasteiger partial charge < -0.3 is 15.0 Å². The number of nitrogens with one attached hydrogen (secondary N) is 2. The van der Waals surface area contributed by atoms with Gasteiger partial charge in [0.2, 0.25) is 0 Å². The first-order chi connectivity index (χ1) is 13.7. The highest BCUT2D eigenvalue weighted by molar-refractivity contribution is 5.79. The Labute approximate surface area is 163 Å². The number of pyridine rings is 1. The maximum atomic E-state index is 12.3. The molecule has 4 nitrogen and oxygen atoms in total. The molecule has 2 N–H and O–H groups in total. The van der Waals surface area contributed by atoms with Gasteiger partial charge in [-0.3, -0.25) is 4.79 Å². The minimum absolute atomic E-state index is 0.0617. The van der Waals surface area contributed by atoms with E-state index in [1.54, 1.807) is 0 Å². The van der Waals surface area contributed by atoms with Crippen LogP contribution in [0.4, 0.5) is 5.69 Å². The average molecular weight is 370 g/mol. The number of hydrogen-bond acceptors (Lipinski definition) is 3. The van der Waals surface area contributed by atoms with Gasteiger partial charge in [0, 0.05) is 23.3 Å². The third kappa shape index (κ3) is 4.23. The Morgan fingerprint density at radius 3 is 2.50 bits per heavy atom. The van der Waals surface area contributed by atoms with Crippen molar-refractivity contribution >= 4 is 16.6 Å². The fraction of sp³-hybridized carbons (Fsp3) is 0.125. The zero-order chi connectivity index (χ0) is 19.3. The molecule has 0 unspecified atom stereocenters. The number of benzene rings is 3. The summed E-state index contributed by atoms with van der Waals surface area (Å²) in [4.78, 5) is 15.3. The lowest BCUT2D eigenvalue weighted by Gasteiger charge is -2.10. The van der Waals surface area contributed by atoms with Crippen LogP contribution in [0.5, 0.6) is 5.75 Å². The number of ether oxygens (including phenoxy) is 1. The zero-order valence-corrected chi connectivity index (χ0v) is 15.7. The molecule has 0 amide bonds. The Morgan fingerprint density at radius 1 is 0.929 bits per heavy atom. The average Bonchev–Trinajstić information content (AvgIpc) is 2.72. The number of aromatic amines is 1. The molecule has 0 spiro atoms. The molecule has 4 heteroatoms. The predicted molar refractivity (Wildman–Crippen MR) is 114 cm³/mol. The molecule has 4 aromatic rings. The molecule has 1 aromatic heterocycles. The topological polar surface area (TPSA) is 54.1 Å². The summed E-state index contributed by atoms with van der Waals surface area (Å²) in [5.74, 6) is 0.813. The molecule has 4 rings (SSSR count). The molecule has 0 atom stereocenters. The molecular formula is C24H22N2O2. The molecule has 0 aliphatic rings. The lowest BCUT2D eigenvalue weighted by Crippen LogP contribution is -2.15. The van der Waals surface area contributed by atoms with Gasteiger partial charge in [-0.15, -0.1) is 0 Å². The van der Waals surface area contributed by atoms with Crippen molar-refractivity contribution in [2.45, 2.75) is 20.1 Å². The van der Waals surface area contributed by atoms with E-state index in [-0.39, 0.29) is 5.56 Å². The predicted octanol–water partition coefficient (Wildman–Crippen LogP) is 5.03. The zero-order valence-electron chi connectivity index (χ0n) is 15.7. The van der Waals surface area contributed by atoms with Gasteiger partial charge in [-0.2, -0.15) is 0 Å². The molecule has 0 saturated carbocycles. The molecule has 0 aliphatic carbocycles. The summed E-state index contributed by atoms with van der Waals surface area (Å²) < 4.78 is 5.80. The normalized spacial score (nSPS) is 10.8. The molecule has 3 aromatic carbocycles. The number of rotatable bonds is 6. The maximum absolute atomic E-state index is 12.3. The van der Waals surface area contributed by atoms with Crippen molar-refractivity contribution in [3.8, 4) is 5.75 Å². The Kier molecular flexibility index (Phi) is 5.11. The van der Waals surface area contributed by atoms with Crippen LogP contribution in [0.15, 0.2) is 83.7 Å². The number of anilines is 1. The van der Waals surface area contributed by atoms with E-state index in [9.17, 15) is 4.79 Å². The molecule has 0 saturated heterocycles. The summed E-state index contributed by atoms with van der Waals surface area (Å²) >= 11 is 0. The van der Waals surface area contributed by atoms with E-state index in [2.05, 4.69) is 10.3 Å². The van der Waals surface area contributed by atoms with Crippen LogP contribution in [0, 0.1) is 6.92 Å². The summed E-state index contributed by atoms with van der Waals surface area (Å²) in [6, 6.07) is 25.9. The van der Waals surface area contributed by atoms with Gasteiger partial charge in [-0.1, -0.05) is 42.5 Å². The molecule has 140 valence electrons. The van der Waals surface area contributed by atoms with E-state index >= 15 is 0 Å². The lowest BCUT2D eigenvalue weighted by atomic mass is 10.1. The highest BCUT2D eigenvalue weighted by atomic mass is 16.5. The van der Waals surface area contributed by atoms with Crippen LogP contribution in [0.25, 0.3) is 10.9 Å². The van der Waals surface area contributed by atoms with E-state index in [1.807, 2.05) is 85.8 Å². The molecule has 0 fully saturated rings. The van der Waals surface area contributed by atoms with Gasteiger partial charge in [0.15, 0.2) is 0 Å². The Hall–Kier alpha value is -3.53. The summed E-state index contributed by atoms with van der Waals surface area (Å²) in [5, 5.41) is 4.34. The molecule has 28 heavy (non-hydrogen) atoms. The number of H-pyrrole nitrogens is 1. The second-order valence-corrected chi connectivity index (χ2v) is 6.87. The maximum Gasteiger partial charge on any atom is 0.253 e. The standard InChI is InChI=1S/C24H22N2O2/c1-17-7-8-19-14-20(24(27)26-23(19)13-17)15-25-21-9-11-22(12-10-21)28-16-18-5-3-2-4-6-18/h2-14,25H,15-16H2,1H3,(H,26,27). The fourth-order valence-electron chi connectivity index (χ4n) is 3.10. The van der Waals surface area contributed by atoms with E-state index in [0.29, 0.717) is 18.7 Å². The first kappa shape index (κ1) is 17.9. The van der Waals surface area contributed by atoms with E-state index in [0.717, 1.165) is 33.5 Å². The second kappa shape index (κ2) is 8.01. The second-order valence-electron chi connectivity index (χ2n) is 6.87. The molecule has 1 heterocycles. The Bertz CT molecular complexity index is 1130. The number of aromatic nitrogens is 1. The van der Waals surface area contributed by atoms with Crippen molar-refractivity contribution in [3.05, 3.63) is 106 Å². The molecular weight excluding hydrogens is 348 g/mol. The van der Waals surface area contributed by atoms with Crippen LogP contribution in [-0.2, 0) is 13.2 Å². The minimum atomic E-state index is -0.0617. The lowest BCUT2D eigenvalue weighted by molar-refractivity contribution is 0.306. The van der Waals surface area contributed by atoms with Crippen LogP contribution in [-0.4, -0.2) is 4.98 Å². The van der Waals surface area contributed by atoms with Crippen molar-refractivity contribution in [3.63, 3.8) is 0 Å². The first-order valence-electron chi connectivity index (χ1n) is 9.31. The van der Waals surface area contributed by atoms with Crippen molar-refractivity contribution < 1.29 is 4.74 Å².